The van der Waals surface area contributed by atoms with Crippen molar-refractivity contribution in [1.82, 2.24) is 14.8 Å². The first-order valence-corrected chi connectivity index (χ1v) is 6.00. The standard InChI is InChI=1S/C12H17N3O3/c1-7(2)10-5-11-12(17)14(18-9(4)16)6-8(3)15(11)13-10/h5,7-8H,6H2,1-4H3/t8-/m1/s1. The second-order valence-corrected chi connectivity index (χ2v) is 4.85. The average Bonchev–Trinajstić information content (AvgIpc) is 2.70. The van der Waals surface area contributed by atoms with Crippen LogP contribution in [0.25, 0.3) is 0 Å². The molecule has 6 nitrogen and oxygen atoms in total. The number of amides is 1. The number of nitrogens with zero attached hydrogens (tertiary/aromatic N) is 3. The summed E-state index contributed by atoms with van der Waals surface area (Å²) in [6.07, 6.45) is 0. The van der Waals surface area contributed by atoms with Crippen molar-refractivity contribution < 1.29 is 14.4 Å². The van der Waals surface area contributed by atoms with Crippen molar-refractivity contribution >= 4 is 11.9 Å². The first-order valence-electron chi connectivity index (χ1n) is 6.00. The summed E-state index contributed by atoms with van der Waals surface area (Å²) in [6.45, 7) is 7.58. The first kappa shape index (κ1) is 12.6. The van der Waals surface area contributed by atoms with E-state index in [4.69, 9.17) is 4.84 Å². The summed E-state index contributed by atoms with van der Waals surface area (Å²) in [5.41, 5.74) is 1.34. The number of fused-ring (bicyclic) bond motifs is 1. The Balaban J connectivity index is 2.35. The molecule has 1 aliphatic heterocycles. The molecule has 0 spiro atoms. The highest BCUT2D eigenvalue weighted by Crippen LogP contribution is 2.24. The van der Waals surface area contributed by atoms with Gasteiger partial charge in [-0.2, -0.15) is 10.2 Å². The molecule has 18 heavy (non-hydrogen) atoms. The Morgan fingerprint density at radius 2 is 2.22 bits per heavy atom. The molecule has 0 fully saturated rings. The maximum absolute atomic E-state index is 12.1. The Labute approximate surface area is 105 Å². The number of carbonyl (C=O) groups excluding carboxylic acids is 2. The molecule has 98 valence electrons. The molecular weight excluding hydrogens is 234 g/mol. The zero-order valence-corrected chi connectivity index (χ0v) is 11.0. The summed E-state index contributed by atoms with van der Waals surface area (Å²) in [5.74, 6) is -0.555. The molecule has 6 heteroatoms. The quantitative estimate of drug-likeness (QED) is 0.799. The van der Waals surface area contributed by atoms with Crippen molar-refractivity contribution in [2.45, 2.75) is 39.7 Å². The third-order valence-corrected chi connectivity index (χ3v) is 2.88. The monoisotopic (exact) mass is 251 g/mol. The SMILES string of the molecule is CC(=O)ON1C[C@@H](C)n2nc(C(C)C)cc2C1=O. The molecule has 0 aromatic carbocycles. The fourth-order valence-corrected chi connectivity index (χ4v) is 1.95. The van der Waals surface area contributed by atoms with Crippen LogP contribution in [-0.2, 0) is 9.63 Å². The molecule has 2 heterocycles. The topological polar surface area (TPSA) is 64.4 Å². The minimum Gasteiger partial charge on any atom is -0.338 e. The van der Waals surface area contributed by atoms with E-state index in [1.165, 1.54) is 6.92 Å². The molecule has 1 atom stereocenters. The van der Waals surface area contributed by atoms with E-state index >= 15 is 0 Å². The van der Waals surface area contributed by atoms with E-state index in [2.05, 4.69) is 5.10 Å². The second-order valence-electron chi connectivity index (χ2n) is 4.85. The van der Waals surface area contributed by atoms with E-state index in [1.54, 1.807) is 10.7 Å². The highest BCUT2D eigenvalue weighted by atomic mass is 16.7. The van der Waals surface area contributed by atoms with E-state index in [-0.39, 0.29) is 17.9 Å². The molecule has 2 rings (SSSR count). The van der Waals surface area contributed by atoms with Crippen LogP contribution in [0, 0.1) is 0 Å². The van der Waals surface area contributed by atoms with Crippen LogP contribution < -0.4 is 0 Å². The Kier molecular flexibility index (Phi) is 3.11. The Bertz CT molecular complexity index is 493. The molecule has 0 bridgehead atoms. The van der Waals surface area contributed by atoms with Gasteiger partial charge in [-0.1, -0.05) is 13.8 Å². The maximum Gasteiger partial charge on any atom is 0.329 e. The number of hydroxylamine groups is 2. The molecule has 1 aromatic rings. The molecule has 0 aliphatic carbocycles. The second kappa shape index (κ2) is 4.44. The average molecular weight is 251 g/mol. The van der Waals surface area contributed by atoms with Gasteiger partial charge in [0.25, 0.3) is 0 Å². The van der Waals surface area contributed by atoms with Gasteiger partial charge in [-0.25, -0.2) is 0 Å². The molecule has 0 radical (unpaired) electrons. The van der Waals surface area contributed by atoms with Crippen LogP contribution in [0.3, 0.4) is 0 Å². The minimum absolute atomic E-state index is 0.00968. The van der Waals surface area contributed by atoms with Crippen LogP contribution in [0.15, 0.2) is 6.07 Å². The van der Waals surface area contributed by atoms with Gasteiger partial charge in [0.05, 0.1) is 18.3 Å². The molecule has 0 unspecified atom stereocenters. The van der Waals surface area contributed by atoms with Gasteiger partial charge in [0.15, 0.2) is 0 Å². The van der Waals surface area contributed by atoms with E-state index in [0.29, 0.717) is 12.2 Å². The highest BCUT2D eigenvalue weighted by molar-refractivity contribution is 5.93. The van der Waals surface area contributed by atoms with Crippen molar-refractivity contribution in [2.24, 2.45) is 0 Å². The molecule has 0 N–H and O–H groups in total. The van der Waals surface area contributed by atoms with E-state index in [0.717, 1.165) is 10.8 Å². The summed E-state index contributed by atoms with van der Waals surface area (Å²) < 4.78 is 1.71. The van der Waals surface area contributed by atoms with Gasteiger partial charge in [-0.3, -0.25) is 14.3 Å². The van der Waals surface area contributed by atoms with Crippen LogP contribution in [0.1, 0.15) is 55.8 Å². The highest BCUT2D eigenvalue weighted by Gasteiger charge is 2.33. The normalized spacial score (nSPS) is 19.1. The smallest absolute Gasteiger partial charge is 0.329 e. The van der Waals surface area contributed by atoms with E-state index in [1.807, 2.05) is 20.8 Å². The van der Waals surface area contributed by atoms with Gasteiger partial charge in [0.2, 0.25) is 0 Å². The minimum atomic E-state index is -0.493. The van der Waals surface area contributed by atoms with Crippen LogP contribution in [0.2, 0.25) is 0 Å². The summed E-state index contributed by atoms with van der Waals surface area (Å²) >= 11 is 0. The van der Waals surface area contributed by atoms with Crippen molar-refractivity contribution in [3.8, 4) is 0 Å². The Morgan fingerprint density at radius 1 is 1.56 bits per heavy atom. The lowest BCUT2D eigenvalue weighted by molar-refractivity contribution is -0.178. The van der Waals surface area contributed by atoms with Crippen LogP contribution in [-0.4, -0.2) is 33.3 Å². The summed E-state index contributed by atoms with van der Waals surface area (Å²) in [6, 6.07) is 1.75. The van der Waals surface area contributed by atoms with Crippen LogP contribution in [0.5, 0.6) is 0 Å². The maximum atomic E-state index is 12.1. The fourth-order valence-electron chi connectivity index (χ4n) is 1.95. The van der Waals surface area contributed by atoms with Crippen LogP contribution in [0.4, 0.5) is 0 Å². The van der Waals surface area contributed by atoms with Gasteiger partial charge in [-0.15, -0.1) is 0 Å². The number of rotatable bonds is 2. The third-order valence-electron chi connectivity index (χ3n) is 2.88. The van der Waals surface area contributed by atoms with Gasteiger partial charge in [0.1, 0.15) is 5.69 Å². The summed E-state index contributed by atoms with van der Waals surface area (Å²) in [7, 11) is 0. The number of hydrogen-bond acceptors (Lipinski definition) is 4. The lowest BCUT2D eigenvalue weighted by Gasteiger charge is -2.29. The Hall–Kier alpha value is -1.85. The molecule has 1 amide bonds. The van der Waals surface area contributed by atoms with Crippen molar-refractivity contribution in [3.63, 3.8) is 0 Å². The zero-order chi connectivity index (χ0) is 13.4. The van der Waals surface area contributed by atoms with E-state index in [9.17, 15) is 9.59 Å². The van der Waals surface area contributed by atoms with Crippen molar-refractivity contribution in [2.75, 3.05) is 6.54 Å². The van der Waals surface area contributed by atoms with Gasteiger partial charge < -0.3 is 4.84 Å². The largest absolute Gasteiger partial charge is 0.338 e. The number of carbonyl (C=O) groups is 2. The molecule has 1 aliphatic rings. The summed E-state index contributed by atoms with van der Waals surface area (Å²) in [5, 5.41) is 5.53. The lowest BCUT2D eigenvalue weighted by Crippen LogP contribution is -2.43. The predicted molar refractivity (Wildman–Crippen MR) is 63.8 cm³/mol. The van der Waals surface area contributed by atoms with Crippen LogP contribution >= 0.6 is 0 Å². The third kappa shape index (κ3) is 2.10. The number of aromatic nitrogens is 2. The molecule has 0 saturated carbocycles. The van der Waals surface area contributed by atoms with Crippen molar-refractivity contribution in [3.05, 3.63) is 17.5 Å². The first-order chi connectivity index (χ1) is 8.40. The molecule has 0 saturated heterocycles. The van der Waals surface area contributed by atoms with E-state index < -0.39 is 5.97 Å². The van der Waals surface area contributed by atoms with Gasteiger partial charge in [-0.05, 0) is 18.9 Å². The zero-order valence-electron chi connectivity index (χ0n) is 11.0. The molecular formula is C12H17N3O3. The summed E-state index contributed by atoms with van der Waals surface area (Å²) in [4.78, 5) is 28.0. The van der Waals surface area contributed by atoms with Gasteiger partial charge >= 0.3 is 11.9 Å². The fraction of sp³-hybridized carbons (Fsp3) is 0.583. The molecule has 1 aromatic heterocycles. The Morgan fingerprint density at radius 3 is 2.78 bits per heavy atom. The number of hydrogen-bond donors (Lipinski definition) is 0. The lowest BCUT2D eigenvalue weighted by atomic mass is 10.1. The predicted octanol–water partition coefficient (Wildman–Crippen LogP) is 1.50. The van der Waals surface area contributed by atoms with Gasteiger partial charge in [0, 0.05) is 6.92 Å². The van der Waals surface area contributed by atoms with Crippen molar-refractivity contribution in [1.29, 1.82) is 0 Å².